The highest BCUT2D eigenvalue weighted by Gasteiger charge is 2.36. The van der Waals surface area contributed by atoms with Crippen LogP contribution in [0.2, 0.25) is 0 Å². The van der Waals surface area contributed by atoms with E-state index in [0.29, 0.717) is 12.0 Å². The van der Waals surface area contributed by atoms with Crippen molar-refractivity contribution in [3.05, 3.63) is 5.69 Å². The molecule has 5 nitrogen and oxygen atoms in total. The highest BCUT2D eigenvalue weighted by Crippen LogP contribution is 2.35. The van der Waals surface area contributed by atoms with Gasteiger partial charge in [-0.15, -0.1) is 0 Å². The predicted molar refractivity (Wildman–Crippen MR) is 83.1 cm³/mol. The SMILES string of the molecule is CC(C)c1nn(C)c(N2CCC3CCC(C2)N3C)c1N. The molecule has 2 unspecified atom stereocenters. The van der Waals surface area contributed by atoms with E-state index in [2.05, 4.69) is 35.8 Å². The standard InChI is InChI=1S/C15H27N5/c1-10(2)14-13(16)15(19(4)17-14)20-8-7-11-5-6-12(9-20)18(11)3/h10-12H,5-9,16H2,1-4H3. The van der Waals surface area contributed by atoms with Crippen molar-refractivity contribution in [1.29, 1.82) is 0 Å². The molecule has 0 radical (unpaired) electrons. The number of anilines is 2. The van der Waals surface area contributed by atoms with Crippen molar-refractivity contribution in [1.82, 2.24) is 14.7 Å². The van der Waals surface area contributed by atoms with Gasteiger partial charge in [-0.3, -0.25) is 9.58 Å². The summed E-state index contributed by atoms with van der Waals surface area (Å²) < 4.78 is 1.98. The Hall–Kier alpha value is -1.23. The van der Waals surface area contributed by atoms with Gasteiger partial charge in [-0.1, -0.05) is 13.8 Å². The van der Waals surface area contributed by atoms with Gasteiger partial charge in [0.15, 0.2) is 0 Å². The molecule has 5 heteroatoms. The smallest absolute Gasteiger partial charge is 0.150 e. The van der Waals surface area contributed by atoms with Crippen molar-refractivity contribution in [3.63, 3.8) is 0 Å². The van der Waals surface area contributed by atoms with E-state index in [9.17, 15) is 0 Å². The molecule has 0 amide bonds. The lowest BCUT2D eigenvalue weighted by Gasteiger charge is -2.27. The lowest BCUT2D eigenvalue weighted by Crippen LogP contribution is -2.37. The zero-order valence-corrected chi connectivity index (χ0v) is 13.1. The molecule has 2 bridgehead atoms. The van der Waals surface area contributed by atoms with Crippen LogP contribution >= 0.6 is 0 Å². The van der Waals surface area contributed by atoms with E-state index in [1.165, 1.54) is 19.3 Å². The van der Waals surface area contributed by atoms with Crippen molar-refractivity contribution in [2.75, 3.05) is 30.8 Å². The van der Waals surface area contributed by atoms with Crippen LogP contribution in [-0.2, 0) is 7.05 Å². The average Bonchev–Trinajstić information content (AvgIpc) is 2.79. The molecule has 2 atom stereocenters. The molecule has 20 heavy (non-hydrogen) atoms. The van der Waals surface area contributed by atoms with E-state index in [0.717, 1.165) is 36.3 Å². The molecule has 2 saturated heterocycles. The van der Waals surface area contributed by atoms with Gasteiger partial charge in [-0.2, -0.15) is 5.10 Å². The molecule has 2 aliphatic heterocycles. The first-order chi connectivity index (χ1) is 9.49. The molecule has 0 aliphatic carbocycles. The van der Waals surface area contributed by atoms with Crippen LogP contribution in [0.4, 0.5) is 11.5 Å². The van der Waals surface area contributed by atoms with Gasteiger partial charge in [0.1, 0.15) is 5.82 Å². The third-order valence-electron chi connectivity index (χ3n) is 5.08. The molecule has 0 saturated carbocycles. The topological polar surface area (TPSA) is 50.3 Å². The fourth-order valence-electron chi connectivity index (χ4n) is 3.85. The largest absolute Gasteiger partial charge is 0.394 e. The number of nitrogens with two attached hydrogens (primary N) is 1. The second-order valence-corrected chi connectivity index (χ2v) is 6.69. The van der Waals surface area contributed by atoms with Gasteiger partial charge in [-0.05, 0) is 32.2 Å². The lowest BCUT2D eigenvalue weighted by atomic mass is 10.1. The van der Waals surface area contributed by atoms with E-state index in [1.807, 2.05) is 11.7 Å². The van der Waals surface area contributed by atoms with Crippen LogP contribution < -0.4 is 10.6 Å². The van der Waals surface area contributed by atoms with Crippen LogP contribution in [0, 0.1) is 0 Å². The minimum absolute atomic E-state index is 0.376. The van der Waals surface area contributed by atoms with E-state index in [4.69, 9.17) is 5.73 Å². The summed E-state index contributed by atoms with van der Waals surface area (Å²) in [7, 11) is 4.29. The van der Waals surface area contributed by atoms with Crippen LogP contribution in [0.15, 0.2) is 0 Å². The summed E-state index contributed by atoms with van der Waals surface area (Å²) in [6.45, 7) is 6.47. The molecule has 1 aromatic heterocycles. The third kappa shape index (κ3) is 2.08. The Kier molecular flexibility index (Phi) is 3.40. The van der Waals surface area contributed by atoms with Crippen molar-refractivity contribution in [2.24, 2.45) is 7.05 Å². The van der Waals surface area contributed by atoms with Gasteiger partial charge < -0.3 is 10.6 Å². The van der Waals surface area contributed by atoms with E-state index < -0.39 is 0 Å². The number of nitrogen functional groups attached to an aromatic ring is 1. The van der Waals surface area contributed by atoms with Gasteiger partial charge in [0, 0.05) is 32.2 Å². The van der Waals surface area contributed by atoms with Gasteiger partial charge in [0.05, 0.1) is 11.4 Å². The van der Waals surface area contributed by atoms with Gasteiger partial charge in [0.25, 0.3) is 0 Å². The van der Waals surface area contributed by atoms with Gasteiger partial charge in [-0.25, -0.2) is 0 Å². The number of hydrogen-bond donors (Lipinski definition) is 1. The summed E-state index contributed by atoms with van der Waals surface area (Å²) >= 11 is 0. The Morgan fingerprint density at radius 2 is 1.85 bits per heavy atom. The summed E-state index contributed by atoms with van der Waals surface area (Å²) in [6.07, 6.45) is 3.90. The summed E-state index contributed by atoms with van der Waals surface area (Å²) in [4.78, 5) is 5.02. The van der Waals surface area contributed by atoms with Crippen LogP contribution in [0.5, 0.6) is 0 Å². The predicted octanol–water partition coefficient (Wildman–Crippen LogP) is 1.80. The quantitative estimate of drug-likeness (QED) is 0.895. The minimum atomic E-state index is 0.376. The Morgan fingerprint density at radius 3 is 2.50 bits per heavy atom. The number of nitrogens with zero attached hydrogens (tertiary/aromatic N) is 4. The zero-order chi connectivity index (χ0) is 14.4. The number of likely N-dealkylation sites (N-methyl/N-ethyl adjacent to an activating group) is 1. The van der Waals surface area contributed by atoms with Crippen LogP contribution in [0.1, 0.15) is 44.7 Å². The number of rotatable bonds is 2. The first-order valence-corrected chi connectivity index (χ1v) is 7.78. The molecular formula is C15H27N5. The molecule has 2 fully saturated rings. The fourth-order valence-corrected chi connectivity index (χ4v) is 3.85. The average molecular weight is 277 g/mol. The van der Waals surface area contributed by atoms with Crippen LogP contribution in [0.25, 0.3) is 0 Å². The normalized spacial score (nSPS) is 27.4. The monoisotopic (exact) mass is 277 g/mol. The number of fused-ring (bicyclic) bond motifs is 2. The molecule has 112 valence electrons. The number of aryl methyl sites for hydroxylation is 1. The first-order valence-electron chi connectivity index (χ1n) is 7.78. The van der Waals surface area contributed by atoms with Gasteiger partial charge in [0.2, 0.25) is 0 Å². The van der Waals surface area contributed by atoms with Crippen molar-refractivity contribution < 1.29 is 0 Å². The number of hydrogen-bond acceptors (Lipinski definition) is 4. The Morgan fingerprint density at radius 1 is 1.15 bits per heavy atom. The second kappa shape index (κ2) is 4.95. The van der Waals surface area contributed by atoms with E-state index >= 15 is 0 Å². The Labute approximate surface area is 121 Å². The summed E-state index contributed by atoms with van der Waals surface area (Å²) in [5.74, 6) is 1.50. The lowest BCUT2D eigenvalue weighted by molar-refractivity contribution is 0.254. The third-order valence-corrected chi connectivity index (χ3v) is 5.08. The Balaban J connectivity index is 1.90. The fraction of sp³-hybridized carbons (Fsp3) is 0.800. The molecule has 0 aromatic carbocycles. The van der Waals surface area contributed by atoms with Crippen LogP contribution in [-0.4, -0.2) is 46.9 Å². The van der Waals surface area contributed by atoms with E-state index in [-0.39, 0.29) is 0 Å². The van der Waals surface area contributed by atoms with Crippen molar-refractivity contribution in [3.8, 4) is 0 Å². The highest BCUT2D eigenvalue weighted by molar-refractivity contribution is 5.67. The molecule has 0 spiro atoms. The van der Waals surface area contributed by atoms with Crippen molar-refractivity contribution in [2.45, 2.75) is 51.1 Å². The highest BCUT2D eigenvalue weighted by atomic mass is 15.4. The molecule has 3 rings (SSSR count). The van der Waals surface area contributed by atoms with Gasteiger partial charge >= 0.3 is 0 Å². The first kappa shape index (κ1) is 13.7. The maximum atomic E-state index is 6.38. The minimum Gasteiger partial charge on any atom is -0.394 e. The number of aromatic nitrogens is 2. The molecule has 2 N–H and O–H groups in total. The summed E-state index contributed by atoms with van der Waals surface area (Å²) in [5, 5.41) is 4.63. The summed E-state index contributed by atoms with van der Waals surface area (Å²) in [5.41, 5.74) is 8.29. The molecule has 1 aromatic rings. The molecule has 2 aliphatic rings. The molecule has 3 heterocycles. The maximum absolute atomic E-state index is 6.38. The maximum Gasteiger partial charge on any atom is 0.150 e. The van der Waals surface area contributed by atoms with E-state index in [1.54, 1.807) is 0 Å². The van der Waals surface area contributed by atoms with Crippen LogP contribution in [0.3, 0.4) is 0 Å². The molecular weight excluding hydrogens is 250 g/mol. The summed E-state index contributed by atoms with van der Waals surface area (Å²) in [6, 6.07) is 1.42. The second-order valence-electron chi connectivity index (χ2n) is 6.69. The van der Waals surface area contributed by atoms with Crippen molar-refractivity contribution >= 4 is 11.5 Å². The Bertz CT molecular complexity index is 493. The zero-order valence-electron chi connectivity index (χ0n) is 13.1.